The number of aromatic hydroxyl groups is 1. The molecule has 1 fully saturated rings. The van der Waals surface area contributed by atoms with Crippen LogP contribution in [0.3, 0.4) is 0 Å². The molecule has 1 amide bonds. The van der Waals surface area contributed by atoms with Gasteiger partial charge in [-0.05, 0) is 18.6 Å². The molecule has 0 spiro atoms. The third-order valence-corrected chi connectivity index (χ3v) is 4.19. The molecular formula is C17H19N3O5. The van der Waals surface area contributed by atoms with E-state index in [2.05, 4.69) is 5.10 Å². The number of benzene rings is 1. The van der Waals surface area contributed by atoms with Crippen LogP contribution in [0, 0.1) is 0 Å². The summed E-state index contributed by atoms with van der Waals surface area (Å²) in [6.07, 6.45) is 0.681. The highest BCUT2D eigenvalue weighted by molar-refractivity contribution is 5.94. The van der Waals surface area contributed by atoms with Gasteiger partial charge in [-0.3, -0.25) is 9.59 Å². The molecule has 0 saturated carbocycles. The molecule has 25 heavy (non-hydrogen) atoms. The van der Waals surface area contributed by atoms with Gasteiger partial charge in [0.25, 0.3) is 11.5 Å². The van der Waals surface area contributed by atoms with E-state index in [4.69, 9.17) is 9.47 Å². The first-order valence-electron chi connectivity index (χ1n) is 7.84. The van der Waals surface area contributed by atoms with Crippen molar-refractivity contribution in [3.05, 3.63) is 46.4 Å². The van der Waals surface area contributed by atoms with Crippen LogP contribution in [0.1, 0.15) is 16.9 Å². The molecule has 0 aliphatic carbocycles. The van der Waals surface area contributed by atoms with Crippen molar-refractivity contribution < 1.29 is 19.4 Å². The summed E-state index contributed by atoms with van der Waals surface area (Å²) >= 11 is 0. The van der Waals surface area contributed by atoms with Gasteiger partial charge in [-0.2, -0.15) is 9.78 Å². The first-order chi connectivity index (χ1) is 12.0. The minimum atomic E-state index is -0.560. The van der Waals surface area contributed by atoms with Crippen molar-refractivity contribution in [2.45, 2.75) is 12.5 Å². The lowest BCUT2D eigenvalue weighted by Gasteiger charge is -2.17. The molecule has 1 aromatic heterocycles. The normalized spacial score (nSPS) is 16.9. The summed E-state index contributed by atoms with van der Waals surface area (Å²) in [5, 5.41) is 14.1. The summed E-state index contributed by atoms with van der Waals surface area (Å²) < 4.78 is 11.5. The van der Waals surface area contributed by atoms with Gasteiger partial charge in [-0.25, -0.2) is 0 Å². The summed E-state index contributed by atoms with van der Waals surface area (Å²) in [5.74, 6) is -0.454. The van der Waals surface area contributed by atoms with Gasteiger partial charge in [0.15, 0.2) is 11.4 Å². The fourth-order valence-corrected chi connectivity index (χ4v) is 2.83. The van der Waals surface area contributed by atoms with Crippen molar-refractivity contribution in [1.82, 2.24) is 14.7 Å². The van der Waals surface area contributed by atoms with E-state index in [9.17, 15) is 14.7 Å². The molecular weight excluding hydrogens is 326 g/mol. The number of methoxy groups -OCH3 is 2. The predicted octanol–water partition coefficient (Wildman–Crippen LogP) is 0.808. The first-order valence-corrected chi connectivity index (χ1v) is 7.84. The Labute approximate surface area is 144 Å². The van der Waals surface area contributed by atoms with Crippen molar-refractivity contribution in [3.8, 4) is 17.2 Å². The number of hydrogen-bond donors (Lipinski definition) is 1. The van der Waals surface area contributed by atoms with E-state index in [1.165, 1.54) is 7.11 Å². The molecule has 1 aliphatic rings. The van der Waals surface area contributed by atoms with Crippen LogP contribution in [0.4, 0.5) is 0 Å². The topological polar surface area (TPSA) is 93.9 Å². The van der Waals surface area contributed by atoms with Gasteiger partial charge >= 0.3 is 0 Å². The molecule has 0 radical (unpaired) electrons. The SMILES string of the molecule is COc1ccccc1-n1nc(C(=O)N2CCC(OC)C2)c(O)cc1=O. The molecule has 8 heteroatoms. The largest absolute Gasteiger partial charge is 0.505 e. The van der Waals surface area contributed by atoms with E-state index in [0.29, 0.717) is 24.5 Å². The Morgan fingerprint density at radius 1 is 1.32 bits per heavy atom. The fourth-order valence-electron chi connectivity index (χ4n) is 2.83. The molecule has 1 atom stereocenters. The fraction of sp³-hybridized carbons (Fsp3) is 0.353. The number of carbonyl (C=O) groups excluding carboxylic acids is 1. The number of rotatable bonds is 4. The van der Waals surface area contributed by atoms with Gasteiger partial charge in [0, 0.05) is 26.3 Å². The van der Waals surface area contributed by atoms with Crippen molar-refractivity contribution in [3.63, 3.8) is 0 Å². The molecule has 3 rings (SSSR count). The smallest absolute Gasteiger partial charge is 0.278 e. The molecule has 2 heterocycles. The molecule has 132 valence electrons. The number of nitrogens with zero attached hydrogens (tertiary/aromatic N) is 3. The lowest BCUT2D eigenvalue weighted by molar-refractivity contribution is 0.0714. The summed E-state index contributed by atoms with van der Waals surface area (Å²) in [5.41, 5.74) is -0.350. The van der Waals surface area contributed by atoms with E-state index in [1.807, 2.05) is 0 Å². The second kappa shape index (κ2) is 6.94. The zero-order chi connectivity index (χ0) is 18.0. The van der Waals surface area contributed by atoms with Crippen molar-refractivity contribution in [2.24, 2.45) is 0 Å². The van der Waals surface area contributed by atoms with Crippen LogP contribution in [0.25, 0.3) is 5.69 Å². The first kappa shape index (κ1) is 17.0. The van der Waals surface area contributed by atoms with E-state index < -0.39 is 17.2 Å². The van der Waals surface area contributed by atoms with Gasteiger partial charge in [-0.15, -0.1) is 0 Å². The molecule has 0 bridgehead atoms. The zero-order valence-corrected chi connectivity index (χ0v) is 14.0. The van der Waals surface area contributed by atoms with Gasteiger partial charge in [0.1, 0.15) is 11.4 Å². The Balaban J connectivity index is 2.02. The second-order valence-electron chi connectivity index (χ2n) is 5.70. The minimum Gasteiger partial charge on any atom is -0.505 e. The van der Waals surface area contributed by atoms with Crippen molar-refractivity contribution in [1.29, 1.82) is 0 Å². The average Bonchev–Trinajstić information content (AvgIpc) is 3.10. The monoisotopic (exact) mass is 345 g/mol. The third-order valence-electron chi connectivity index (χ3n) is 4.19. The number of amides is 1. The van der Waals surface area contributed by atoms with Crippen LogP contribution in [-0.2, 0) is 4.74 Å². The average molecular weight is 345 g/mol. The van der Waals surface area contributed by atoms with E-state index >= 15 is 0 Å². The highest BCUT2D eigenvalue weighted by atomic mass is 16.5. The maximum absolute atomic E-state index is 12.7. The van der Waals surface area contributed by atoms with Crippen molar-refractivity contribution in [2.75, 3.05) is 27.3 Å². The lowest BCUT2D eigenvalue weighted by atomic mass is 10.2. The van der Waals surface area contributed by atoms with Gasteiger partial charge in [0.05, 0.1) is 13.2 Å². The van der Waals surface area contributed by atoms with Gasteiger partial charge in [-0.1, -0.05) is 12.1 Å². The van der Waals surface area contributed by atoms with Gasteiger partial charge in [0.2, 0.25) is 0 Å². The second-order valence-corrected chi connectivity index (χ2v) is 5.70. The van der Waals surface area contributed by atoms with Crippen LogP contribution >= 0.6 is 0 Å². The molecule has 1 aromatic carbocycles. The highest BCUT2D eigenvalue weighted by Gasteiger charge is 2.30. The van der Waals surface area contributed by atoms with Crippen LogP contribution in [-0.4, -0.2) is 59.1 Å². The Kier molecular flexibility index (Phi) is 4.71. The van der Waals surface area contributed by atoms with Crippen LogP contribution in [0.15, 0.2) is 35.1 Å². The molecule has 1 saturated heterocycles. The van der Waals surface area contributed by atoms with Crippen LogP contribution in [0.2, 0.25) is 0 Å². The number of likely N-dealkylation sites (tertiary alicyclic amines) is 1. The summed E-state index contributed by atoms with van der Waals surface area (Å²) in [7, 11) is 3.07. The van der Waals surface area contributed by atoms with E-state index in [1.54, 1.807) is 36.3 Å². The Hall–Kier alpha value is -2.87. The van der Waals surface area contributed by atoms with Crippen LogP contribution < -0.4 is 10.3 Å². The molecule has 1 aliphatic heterocycles. The van der Waals surface area contributed by atoms with E-state index in [0.717, 1.165) is 17.2 Å². The number of para-hydroxylation sites is 2. The Morgan fingerprint density at radius 3 is 2.76 bits per heavy atom. The Morgan fingerprint density at radius 2 is 2.08 bits per heavy atom. The number of hydrogen-bond acceptors (Lipinski definition) is 6. The van der Waals surface area contributed by atoms with E-state index in [-0.39, 0.29) is 11.8 Å². The standard InChI is InChI=1S/C17H19N3O5/c1-24-11-7-8-19(10-11)17(23)16-13(21)9-15(22)20(18-16)12-5-3-4-6-14(12)25-2/h3-6,9,11,21H,7-8,10H2,1-2H3. The number of carbonyl (C=O) groups is 1. The minimum absolute atomic E-state index is 0.0359. The zero-order valence-electron chi connectivity index (χ0n) is 14.0. The Bertz CT molecular complexity index is 848. The quantitative estimate of drug-likeness (QED) is 0.881. The molecule has 8 nitrogen and oxygen atoms in total. The highest BCUT2D eigenvalue weighted by Crippen LogP contribution is 2.23. The number of ether oxygens (including phenoxy) is 2. The molecule has 2 aromatic rings. The lowest BCUT2D eigenvalue weighted by Crippen LogP contribution is -2.33. The van der Waals surface area contributed by atoms with Crippen LogP contribution in [0.5, 0.6) is 11.5 Å². The predicted molar refractivity (Wildman–Crippen MR) is 89.4 cm³/mol. The molecule has 1 unspecified atom stereocenters. The maximum atomic E-state index is 12.7. The number of aromatic nitrogens is 2. The van der Waals surface area contributed by atoms with Crippen molar-refractivity contribution >= 4 is 5.91 Å². The maximum Gasteiger partial charge on any atom is 0.278 e. The summed E-state index contributed by atoms with van der Waals surface area (Å²) in [6.45, 7) is 0.927. The summed E-state index contributed by atoms with van der Waals surface area (Å²) in [6, 6.07) is 7.80. The molecule has 1 N–H and O–H groups in total. The summed E-state index contributed by atoms with van der Waals surface area (Å²) in [4.78, 5) is 26.5. The van der Waals surface area contributed by atoms with Gasteiger partial charge < -0.3 is 19.5 Å². The third kappa shape index (κ3) is 3.20.